The van der Waals surface area contributed by atoms with Gasteiger partial charge in [-0.1, -0.05) is 23.9 Å². The number of nitrogens with zero attached hydrogens (tertiary/aromatic N) is 5. The van der Waals surface area contributed by atoms with Crippen LogP contribution in [-0.4, -0.2) is 122 Å². The summed E-state index contributed by atoms with van der Waals surface area (Å²) in [6, 6.07) is -0.391. The van der Waals surface area contributed by atoms with E-state index < -0.39 is 11.6 Å². The Morgan fingerprint density at radius 3 is 2.30 bits per heavy atom. The van der Waals surface area contributed by atoms with E-state index in [4.69, 9.17) is 38.4 Å². The summed E-state index contributed by atoms with van der Waals surface area (Å²) in [6.07, 6.45) is 1.17. The Balaban J connectivity index is 1.31. The molecule has 4 fully saturated rings. The highest BCUT2D eigenvalue weighted by atomic mass is 32.2. The molecule has 6 rings (SSSR count). The molecule has 2 saturated heterocycles. The molecule has 240 valence electrons. The van der Waals surface area contributed by atoms with E-state index in [9.17, 15) is 10.2 Å². The third-order valence-corrected chi connectivity index (χ3v) is 9.28. The summed E-state index contributed by atoms with van der Waals surface area (Å²) >= 11 is 1.58. The number of ether oxygens (including phenoxy) is 6. The second-order valence-electron chi connectivity index (χ2n) is 12.4. The SMILES string of the molecule is CCCSc1nc(N[C@@H]2C[C@H](OCCCO)[C@H]3OC(C)(C)O[C@H]32)c2nnn([C@@H]3C[C@H](OCCO)[C@H]4OC(C)(C)O[C@H]43)c2n1. The minimum absolute atomic E-state index is 0.0718. The molecular formula is C28H44N6O8S. The van der Waals surface area contributed by atoms with E-state index in [0.717, 1.165) is 12.2 Å². The number of hydrogen-bond donors (Lipinski definition) is 3. The number of aromatic nitrogens is 5. The standard InChI is InChI=1S/C28H44N6O8S/c1-6-12-43-26-30-24(29-15-13-17(37-10-7-8-35)22-20(15)39-27(2,3)41-22)19-25(31-26)34(33-32-19)16-14-18(38-11-9-36)23-21(16)40-28(4,5)42-23/h15-18,20-23,35-36H,6-14H2,1-5H3,(H,29,30,31)/t15-,16-,17+,18+,20+,21+,22-,23-/m1/s1. The van der Waals surface area contributed by atoms with Gasteiger partial charge in [0.25, 0.3) is 0 Å². The fraction of sp³-hybridized carbons (Fsp3) is 0.857. The van der Waals surface area contributed by atoms with Crippen LogP contribution in [0.3, 0.4) is 0 Å². The summed E-state index contributed by atoms with van der Waals surface area (Å²) in [7, 11) is 0. The Labute approximate surface area is 255 Å². The second-order valence-corrected chi connectivity index (χ2v) is 13.5. The van der Waals surface area contributed by atoms with E-state index >= 15 is 0 Å². The van der Waals surface area contributed by atoms with Crippen molar-refractivity contribution < 1.29 is 38.6 Å². The molecule has 0 amide bonds. The number of hydrogen-bond acceptors (Lipinski definition) is 14. The van der Waals surface area contributed by atoms with Gasteiger partial charge in [-0.2, -0.15) is 0 Å². The fourth-order valence-corrected chi connectivity index (χ4v) is 7.31. The van der Waals surface area contributed by atoms with E-state index in [1.807, 2.05) is 32.4 Å². The van der Waals surface area contributed by atoms with Crippen molar-refractivity contribution in [2.75, 3.05) is 37.5 Å². The summed E-state index contributed by atoms with van der Waals surface area (Å²) in [4.78, 5) is 9.80. The highest BCUT2D eigenvalue weighted by molar-refractivity contribution is 7.99. The zero-order chi connectivity index (χ0) is 30.4. The van der Waals surface area contributed by atoms with Crippen molar-refractivity contribution in [1.29, 1.82) is 0 Å². The van der Waals surface area contributed by atoms with E-state index in [1.54, 1.807) is 11.8 Å². The van der Waals surface area contributed by atoms with Crippen LogP contribution in [0.5, 0.6) is 0 Å². The van der Waals surface area contributed by atoms with Crippen LogP contribution in [0, 0.1) is 0 Å². The minimum atomic E-state index is -0.777. The van der Waals surface area contributed by atoms with Crippen molar-refractivity contribution in [3.05, 3.63) is 0 Å². The van der Waals surface area contributed by atoms with Gasteiger partial charge in [0.1, 0.15) is 24.4 Å². The van der Waals surface area contributed by atoms with Gasteiger partial charge in [0.2, 0.25) is 0 Å². The van der Waals surface area contributed by atoms with Crippen LogP contribution in [0.25, 0.3) is 11.2 Å². The summed E-state index contributed by atoms with van der Waals surface area (Å²) in [5.41, 5.74) is 1.15. The lowest BCUT2D eigenvalue weighted by molar-refractivity contribution is -0.171. The van der Waals surface area contributed by atoms with Crippen LogP contribution in [0.15, 0.2) is 5.16 Å². The third kappa shape index (κ3) is 6.38. The molecule has 0 radical (unpaired) electrons. The fourth-order valence-electron chi connectivity index (χ4n) is 6.62. The maximum absolute atomic E-state index is 9.38. The monoisotopic (exact) mass is 624 g/mol. The molecule has 0 aromatic carbocycles. The molecule has 8 atom stereocenters. The molecule has 2 aliphatic heterocycles. The lowest BCUT2D eigenvalue weighted by Gasteiger charge is -2.24. The van der Waals surface area contributed by atoms with Crippen LogP contribution in [0.2, 0.25) is 0 Å². The first-order chi connectivity index (χ1) is 20.6. The van der Waals surface area contributed by atoms with Crippen molar-refractivity contribution >= 4 is 28.7 Å². The van der Waals surface area contributed by atoms with E-state index in [0.29, 0.717) is 48.0 Å². The van der Waals surface area contributed by atoms with Gasteiger partial charge in [-0.3, -0.25) is 0 Å². The molecule has 0 spiro atoms. The molecule has 43 heavy (non-hydrogen) atoms. The van der Waals surface area contributed by atoms with Crippen molar-refractivity contribution in [2.24, 2.45) is 0 Å². The van der Waals surface area contributed by atoms with Crippen LogP contribution < -0.4 is 5.32 Å². The number of anilines is 1. The summed E-state index contributed by atoms with van der Waals surface area (Å²) in [6.45, 7) is 10.4. The molecule has 15 heteroatoms. The molecule has 4 heterocycles. The Morgan fingerprint density at radius 2 is 1.58 bits per heavy atom. The number of aliphatic hydroxyl groups is 2. The predicted molar refractivity (Wildman–Crippen MR) is 156 cm³/mol. The van der Waals surface area contributed by atoms with Crippen LogP contribution >= 0.6 is 11.8 Å². The molecule has 2 aromatic rings. The minimum Gasteiger partial charge on any atom is -0.396 e. The van der Waals surface area contributed by atoms with Gasteiger partial charge in [0.05, 0.1) is 37.5 Å². The molecule has 0 bridgehead atoms. The lowest BCUT2D eigenvalue weighted by atomic mass is 10.2. The van der Waals surface area contributed by atoms with Crippen LogP contribution in [-0.2, 0) is 28.4 Å². The number of fused-ring (bicyclic) bond motifs is 3. The molecule has 4 aliphatic rings. The highest BCUT2D eigenvalue weighted by Crippen LogP contribution is 2.46. The van der Waals surface area contributed by atoms with E-state index in [-0.39, 0.29) is 68.5 Å². The first-order valence-corrected chi connectivity index (χ1v) is 16.3. The predicted octanol–water partition coefficient (Wildman–Crippen LogP) is 2.04. The Kier molecular flexibility index (Phi) is 9.17. The normalized spacial score (nSPS) is 34.2. The van der Waals surface area contributed by atoms with Gasteiger partial charge >= 0.3 is 0 Å². The van der Waals surface area contributed by atoms with Crippen LogP contribution in [0.4, 0.5) is 5.82 Å². The quantitative estimate of drug-likeness (QED) is 0.168. The zero-order valence-electron chi connectivity index (χ0n) is 25.5. The molecule has 3 N–H and O–H groups in total. The molecule has 0 unspecified atom stereocenters. The van der Waals surface area contributed by atoms with Gasteiger partial charge in [0, 0.05) is 25.4 Å². The highest BCUT2D eigenvalue weighted by Gasteiger charge is 2.57. The Morgan fingerprint density at radius 1 is 0.907 bits per heavy atom. The molecule has 2 saturated carbocycles. The summed E-state index contributed by atoms with van der Waals surface area (Å²) < 4.78 is 39.1. The Bertz CT molecular complexity index is 1270. The first-order valence-electron chi connectivity index (χ1n) is 15.3. The van der Waals surface area contributed by atoms with Crippen molar-refractivity contribution in [2.45, 2.75) is 126 Å². The largest absolute Gasteiger partial charge is 0.396 e. The van der Waals surface area contributed by atoms with E-state index in [1.165, 1.54) is 0 Å². The first kappa shape index (κ1) is 31.3. The van der Waals surface area contributed by atoms with Gasteiger partial charge in [-0.15, -0.1) is 5.10 Å². The topological polar surface area (TPSA) is 164 Å². The number of rotatable bonds is 13. The van der Waals surface area contributed by atoms with Crippen molar-refractivity contribution in [1.82, 2.24) is 25.0 Å². The average Bonchev–Trinajstić information content (AvgIpc) is 3.73. The maximum atomic E-state index is 9.38. The van der Waals surface area contributed by atoms with Crippen molar-refractivity contribution in [3.8, 4) is 0 Å². The van der Waals surface area contributed by atoms with Gasteiger partial charge in [0.15, 0.2) is 33.7 Å². The van der Waals surface area contributed by atoms with Crippen molar-refractivity contribution in [3.63, 3.8) is 0 Å². The van der Waals surface area contributed by atoms with Gasteiger partial charge in [-0.05, 0) is 47.0 Å². The Hall–Kier alpha value is -1.69. The second kappa shape index (κ2) is 12.6. The molecular weight excluding hydrogens is 580 g/mol. The van der Waals surface area contributed by atoms with Crippen LogP contribution in [0.1, 0.15) is 66.3 Å². The molecule has 2 aliphatic carbocycles. The average molecular weight is 625 g/mol. The van der Waals surface area contributed by atoms with Gasteiger partial charge < -0.3 is 44.0 Å². The smallest absolute Gasteiger partial charge is 0.191 e. The summed E-state index contributed by atoms with van der Waals surface area (Å²) in [5.74, 6) is -0.0793. The third-order valence-electron chi connectivity index (χ3n) is 8.23. The number of nitrogens with one attached hydrogen (secondary N) is 1. The zero-order valence-corrected chi connectivity index (χ0v) is 26.3. The number of aliphatic hydroxyl groups excluding tert-OH is 2. The maximum Gasteiger partial charge on any atom is 0.191 e. The molecule has 2 aromatic heterocycles. The lowest BCUT2D eigenvalue weighted by Crippen LogP contribution is -2.35. The summed E-state index contributed by atoms with van der Waals surface area (Å²) in [5, 5.41) is 32.0. The van der Waals surface area contributed by atoms with Gasteiger partial charge in [-0.25, -0.2) is 14.6 Å². The van der Waals surface area contributed by atoms with E-state index in [2.05, 4.69) is 22.6 Å². The molecule has 14 nitrogen and oxygen atoms in total. The number of thioether (sulfide) groups is 1.